The summed E-state index contributed by atoms with van der Waals surface area (Å²) in [6.07, 6.45) is 1.85. The van der Waals surface area contributed by atoms with Gasteiger partial charge in [-0.25, -0.2) is 9.79 Å². The molecule has 6 rings (SSSR count). The Hall–Kier alpha value is -4.67. The molecule has 0 bridgehead atoms. The third kappa shape index (κ3) is 5.63. The van der Waals surface area contributed by atoms with Crippen LogP contribution in [0.3, 0.4) is 0 Å². The van der Waals surface area contributed by atoms with Crippen molar-refractivity contribution >= 4 is 55.8 Å². The van der Waals surface area contributed by atoms with Crippen LogP contribution >= 0.6 is 27.3 Å². The Kier molecular flexibility index (Phi) is 9.10. The SMILES string of the molecule is CCOC(=O)C1=C(c2ccccc2)N=c2sc(=Cc3c(OCC)ccc4ccccc34)c(=O)n2[C@H]1c1cc(Br)c(OC)cc1OC. The van der Waals surface area contributed by atoms with Crippen LogP contribution in [0, 0.1) is 0 Å². The maximum absolute atomic E-state index is 14.6. The van der Waals surface area contributed by atoms with Crippen LogP contribution in [0.5, 0.6) is 17.2 Å². The van der Waals surface area contributed by atoms with Crippen molar-refractivity contribution in [3.8, 4) is 17.2 Å². The molecule has 2 heterocycles. The number of nitrogens with zero attached hydrogens (tertiary/aromatic N) is 2. The first-order valence-corrected chi connectivity index (χ1v) is 16.4. The van der Waals surface area contributed by atoms with Crippen molar-refractivity contribution in [2.24, 2.45) is 4.99 Å². The Labute approximate surface area is 278 Å². The summed E-state index contributed by atoms with van der Waals surface area (Å²) in [6, 6.07) is 23.9. The van der Waals surface area contributed by atoms with Gasteiger partial charge >= 0.3 is 5.97 Å². The largest absolute Gasteiger partial charge is 0.496 e. The van der Waals surface area contributed by atoms with Gasteiger partial charge in [0.2, 0.25) is 0 Å². The van der Waals surface area contributed by atoms with E-state index >= 15 is 0 Å². The molecule has 4 aromatic carbocycles. The van der Waals surface area contributed by atoms with E-state index in [4.69, 9.17) is 23.9 Å². The van der Waals surface area contributed by atoms with E-state index in [1.165, 1.54) is 18.4 Å². The van der Waals surface area contributed by atoms with E-state index in [1.54, 1.807) is 24.7 Å². The van der Waals surface area contributed by atoms with Crippen LogP contribution in [0.2, 0.25) is 0 Å². The summed E-state index contributed by atoms with van der Waals surface area (Å²) in [5.41, 5.74) is 2.40. The van der Waals surface area contributed by atoms with E-state index in [2.05, 4.69) is 15.9 Å². The van der Waals surface area contributed by atoms with Gasteiger partial charge in [-0.1, -0.05) is 72.0 Å². The number of carbonyl (C=O) groups excluding carboxylic acids is 1. The number of ether oxygens (including phenoxy) is 4. The minimum Gasteiger partial charge on any atom is -0.496 e. The van der Waals surface area contributed by atoms with Gasteiger partial charge in [-0.3, -0.25) is 9.36 Å². The Morgan fingerprint density at radius 1 is 0.935 bits per heavy atom. The van der Waals surface area contributed by atoms with Crippen molar-refractivity contribution in [2.45, 2.75) is 19.9 Å². The van der Waals surface area contributed by atoms with Crippen molar-refractivity contribution < 1.29 is 23.7 Å². The normalized spacial score (nSPS) is 14.5. The highest BCUT2D eigenvalue weighted by atomic mass is 79.9. The summed E-state index contributed by atoms with van der Waals surface area (Å²) in [5.74, 6) is 1.06. The highest BCUT2D eigenvalue weighted by Crippen LogP contribution is 2.42. The molecule has 1 atom stereocenters. The van der Waals surface area contributed by atoms with Crippen molar-refractivity contribution in [1.29, 1.82) is 0 Å². The smallest absolute Gasteiger partial charge is 0.338 e. The molecule has 10 heteroatoms. The number of hydrogen-bond acceptors (Lipinski definition) is 8. The van der Waals surface area contributed by atoms with Crippen molar-refractivity contribution in [3.63, 3.8) is 0 Å². The minimum atomic E-state index is -0.927. The fraction of sp³-hybridized carbons (Fsp3) is 0.194. The Balaban J connectivity index is 1.72. The summed E-state index contributed by atoms with van der Waals surface area (Å²) in [6.45, 7) is 4.28. The van der Waals surface area contributed by atoms with Gasteiger partial charge in [0.15, 0.2) is 4.80 Å². The lowest BCUT2D eigenvalue weighted by Gasteiger charge is -2.27. The molecule has 0 unspecified atom stereocenters. The number of fused-ring (bicyclic) bond motifs is 2. The number of esters is 1. The van der Waals surface area contributed by atoms with E-state index in [1.807, 2.05) is 85.8 Å². The summed E-state index contributed by atoms with van der Waals surface area (Å²) in [5, 5.41) is 1.97. The molecule has 46 heavy (non-hydrogen) atoms. The average Bonchev–Trinajstić information content (AvgIpc) is 3.39. The van der Waals surface area contributed by atoms with Gasteiger partial charge in [0.25, 0.3) is 5.56 Å². The third-order valence-electron chi connectivity index (χ3n) is 7.68. The Bertz CT molecular complexity index is 2170. The highest BCUT2D eigenvalue weighted by molar-refractivity contribution is 9.10. The lowest BCUT2D eigenvalue weighted by Crippen LogP contribution is -2.40. The average molecular weight is 700 g/mol. The predicted molar refractivity (Wildman–Crippen MR) is 183 cm³/mol. The fourth-order valence-electron chi connectivity index (χ4n) is 5.67. The molecular formula is C36H31BrN2O6S. The summed E-state index contributed by atoms with van der Waals surface area (Å²) in [7, 11) is 3.10. The summed E-state index contributed by atoms with van der Waals surface area (Å²) >= 11 is 4.85. The summed E-state index contributed by atoms with van der Waals surface area (Å²) < 4.78 is 25.6. The van der Waals surface area contributed by atoms with E-state index in [-0.39, 0.29) is 17.7 Å². The van der Waals surface area contributed by atoms with Gasteiger partial charge in [0, 0.05) is 22.8 Å². The third-order valence-corrected chi connectivity index (χ3v) is 9.28. The van der Waals surface area contributed by atoms with Crippen LogP contribution in [0.25, 0.3) is 22.5 Å². The van der Waals surface area contributed by atoms with Gasteiger partial charge in [0.1, 0.15) is 23.3 Å². The number of hydrogen-bond donors (Lipinski definition) is 0. The zero-order chi connectivity index (χ0) is 32.4. The molecule has 0 aliphatic carbocycles. The van der Waals surface area contributed by atoms with Gasteiger partial charge in [-0.05, 0) is 58.8 Å². The van der Waals surface area contributed by atoms with Crippen LogP contribution in [0.1, 0.15) is 36.6 Å². The molecule has 1 aromatic heterocycles. The zero-order valence-corrected chi connectivity index (χ0v) is 28.1. The molecule has 0 spiro atoms. The first kappa shape index (κ1) is 31.3. The molecule has 1 aliphatic heterocycles. The number of thiazole rings is 1. The second-order valence-corrected chi connectivity index (χ2v) is 12.2. The van der Waals surface area contributed by atoms with Crippen molar-refractivity contribution in [2.75, 3.05) is 27.4 Å². The minimum absolute atomic E-state index is 0.145. The quantitative estimate of drug-likeness (QED) is 0.169. The Morgan fingerprint density at radius 3 is 2.39 bits per heavy atom. The van der Waals surface area contributed by atoms with Gasteiger partial charge in [-0.15, -0.1) is 0 Å². The topological polar surface area (TPSA) is 88.4 Å². The van der Waals surface area contributed by atoms with E-state index in [9.17, 15) is 9.59 Å². The van der Waals surface area contributed by atoms with Crippen LogP contribution in [0.15, 0.2) is 98.7 Å². The second-order valence-electron chi connectivity index (χ2n) is 10.3. The van der Waals surface area contributed by atoms with Crippen LogP contribution in [0.4, 0.5) is 0 Å². The molecular weight excluding hydrogens is 668 g/mol. The number of carbonyl (C=O) groups is 1. The molecule has 0 fully saturated rings. The first-order valence-electron chi connectivity index (χ1n) is 14.7. The lowest BCUT2D eigenvalue weighted by molar-refractivity contribution is -0.138. The summed E-state index contributed by atoms with van der Waals surface area (Å²) in [4.78, 5) is 33.9. The molecule has 0 saturated heterocycles. The maximum atomic E-state index is 14.6. The predicted octanol–water partition coefficient (Wildman–Crippen LogP) is 6.27. The van der Waals surface area contributed by atoms with Gasteiger partial charge in [-0.2, -0.15) is 0 Å². The zero-order valence-electron chi connectivity index (χ0n) is 25.7. The van der Waals surface area contributed by atoms with Crippen LogP contribution < -0.4 is 29.1 Å². The van der Waals surface area contributed by atoms with Crippen molar-refractivity contribution in [3.05, 3.63) is 125 Å². The van der Waals surface area contributed by atoms with Crippen LogP contribution in [-0.4, -0.2) is 38.0 Å². The number of aromatic nitrogens is 1. The number of methoxy groups -OCH3 is 2. The molecule has 0 radical (unpaired) electrons. The van der Waals surface area contributed by atoms with Crippen molar-refractivity contribution in [1.82, 2.24) is 4.57 Å². The number of halogens is 1. The van der Waals surface area contributed by atoms with E-state index < -0.39 is 12.0 Å². The number of rotatable bonds is 9. The lowest BCUT2D eigenvalue weighted by atomic mass is 9.92. The van der Waals surface area contributed by atoms with Crippen LogP contribution in [-0.2, 0) is 9.53 Å². The highest BCUT2D eigenvalue weighted by Gasteiger charge is 2.37. The molecule has 0 N–H and O–H groups in total. The molecule has 0 amide bonds. The molecule has 0 saturated carbocycles. The van der Waals surface area contributed by atoms with E-state index in [0.29, 0.717) is 54.5 Å². The second kappa shape index (κ2) is 13.4. The first-order chi connectivity index (χ1) is 22.4. The van der Waals surface area contributed by atoms with Gasteiger partial charge < -0.3 is 18.9 Å². The molecule has 1 aliphatic rings. The maximum Gasteiger partial charge on any atom is 0.338 e. The number of benzene rings is 4. The van der Waals surface area contributed by atoms with Gasteiger partial charge in [0.05, 0.1) is 47.7 Å². The Morgan fingerprint density at radius 2 is 1.67 bits per heavy atom. The fourth-order valence-corrected chi connectivity index (χ4v) is 7.17. The van der Waals surface area contributed by atoms with E-state index in [0.717, 1.165) is 16.3 Å². The monoisotopic (exact) mass is 698 g/mol. The molecule has 8 nitrogen and oxygen atoms in total. The standard InChI is InChI=1S/C36H31BrN2O6S/c1-5-44-27-17-16-21-12-10-11-15-23(21)24(27)19-30-34(40)39-33(25-18-26(37)29(43-4)20-28(25)42-3)31(35(41)45-6-2)32(38-36(39)46-30)22-13-8-7-9-14-22/h7-20,33H,5-6H2,1-4H3/t33-/m0/s1. The molecule has 234 valence electrons. The molecule has 5 aromatic rings.